The van der Waals surface area contributed by atoms with Gasteiger partial charge in [0.25, 0.3) is 0 Å². The highest BCUT2D eigenvalue weighted by molar-refractivity contribution is 4.52. The fraction of sp³-hybridized carbons (Fsp3) is 1.00. The molecule has 1 unspecified atom stereocenters. The Kier molecular flexibility index (Phi) is 4.67. The molecule has 9 heavy (non-hydrogen) atoms. The van der Waals surface area contributed by atoms with Crippen molar-refractivity contribution in [3.8, 4) is 0 Å². The summed E-state index contributed by atoms with van der Waals surface area (Å²) in [5, 5.41) is 1.88. The Bertz CT molecular complexity index is 63.3. The molecule has 0 aromatic heterocycles. The topological polar surface area (TPSA) is 41.3 Å². The second-order valence-corrected chi connectivity index (χ2v) is 2.42. The predicted molar refractivity (Wildman–Crippen MR) is 39.7 cm³/mol. The van der Waals surface area contributed by atoms with Crippen LogP contribution in [0.1, 0.15) is 19.8 Å². The third-order valence-corrected chi connectivity index (χ3v) is 1.02. The molecule has 3 N–H and O–H groups in total. The summed E-state index contributed by atoms with van der Waals surface area (Å²) >= 11 is 0. The van der Waals surface area contributed by atoms with Gasteiger partial charge >= 0.3 is 0 Å². The van der Waals surface area contributed by atoms with Crippen LogP contribution in [0.3, 0.4) is 0 Å². The monoisotopic (exact) mass is 131 g/mol. The lowest BCUT2D eigenvalue weighted by molar-refractivity contribution is 0.236. The summed E-state index contributed by atoms with van der Waals surface area (Å²) in [5.41, 5.74) is 8.69. The quantitative estimate of drug-likeness (QED) is 0.421. The van der Waals surface area contributed by atoms with Gasteiger partial charge < -0.3 is 5.73 Å². The molecule has 0 aromatic carbocycles. The zero-order valence-corrected chi connectivity index (χ0v) is 6.52. The maximum Gasteiger partial charge on any atom is 0.0681 e. The van der Waals surface area contributed by atoms with Gasteiger partial charge in [0.1, 0.15) is 0 Å². The molecule has 0 heterocycles. The van der Waals surface area contributed by atoms with Gasteiger partial charge in [0, 0.05) is 14.1 Å². The molecule has 0 bridgehead atoms. The van der Waals surface area contributed by atoms with E-state index in [4.69, 9.17) is 5.73 Å². The van der Waals surface area contributed by atoms with Crippen molar-refractivity contribution in [1.29, 1.82) is 0 Å². The number of hydrogen-bond acceptors (Lipinski definition) is 3. The van der Waals surface area contributed by atoms with Gasteiger partial charge in [-0.15, -0.1) is 0 Å². The first kappa shape index (κ1) is 8.88. The van der Waals surface area contributed by atoms with Gasteiger partial charge in [-0.05, 0) is 6.42 Å². The SMILES string of the molecule is CCCC(N)NN(C)C. The van der Waals surface area contributed by atoms with Gasteiger partial charge in [0.15, 0.2) is 0 Å². The lowest BCUT2D eigenvalue weighted by Gasteiger charge is -2.17. The number of hydrazine groups is 1. The first-order chi connectivity index (χ1) is 4.16. The smallest absolute Gasteiger partial charge is 0.0681 e. The Balaban J connectivity index is 3.15. The number of nitrogens with one attached hydrogen (secondary N) is 1. The molecule has 3 heteroatoms. The van der Waals surface area contributed by atoms with Gasteiger partial charge in [-0.25, -0.2) is 10.4 Å². The number of rotatable bonds is 4. The van der Waals surface area contributed by atoms with Crippen molar-refractivity contribution < 1.29 is 0 Å². The highest BCUT2D eigenvalue weighted by Crippen LogP contribution is 1.88. The van der Waals surface area contributed by atoms with Crippen LogP contribution < -0.4 is 11.2 Å². The van der Waals surface area contributed by atoms with Crippen molar-refractivity contribution in [1.82, 2.24) is 10.4 Å². The lowest BCUT2D eigenvalue weighted by atomic mass is 10.3. The van der Waals surface area contributed by atoms with Crippen molar-refractivity contribution in [3.63, 3.8) is 0 Å². The van der Waals surface area contributed by atoms with Crippen molar-refractivity contribution >= 4 is 0 Å². The van der Waals surface area contributed by atoms with Gasteiger partial charge in [-0.2, -0.15) is 0 Å². The van der Waals surface area contributed by atoms with E-state index in [2.05, 4.69) is 12.3 Å². The number of nitrogens with two attached hydrogens (primary N) is 1. The van der Waals surface area contributed by atoms with E-state index in [1.165, 1.54) is 0 Å². The highest BCUT2D eigenvalue weighted by atomic mass is 15.5. The molecule has 1 atom stereocenters. The van der Waals surface area contributed by atoms with Crippen molar-refractivity contribution in [2.24, 2.45) is 5.73 Å². The van der Waals surface area contributed by atoms with Crippen LogP contribution in [0.5, 0.6) is 0 Å². The molecule has 0 saturated carbocycles. The zero-order chi connectivity index (χ0) is 7.28. The van der Waals surface area contributed by atoms with Crippen LogP contribution in [-0.4, -0.2) is 25.3 Å². The van der Waals surface area contributed by atoms with Crippen LogP contribution >= 0.6 is 0 Å². The van der Waals surface area contributed by atoms with E-state index in [0.29, 0.717) is 0 Å². The number of nitrogens with zero attached hydrogens (tertiary/aromatic N) is 1. The highest BCUT2D eigenvalue weighted by Gasteiger charge is 1.98. The second kappa shape index (κ2) is 4.73. The molecular weight excluding hydrogens is 114 g/mol. The van der Waals surface area contributed by atoms with E-state index in [0.717, 1.165) is 12.8 Å². The minimum absolute atomic E-state index is 0.116. The van der Waals surface area contributed by atoms with Crippen molar-refractivity contribution in [2.75, 3.05) is 14.1 Å². The summed E-state index contributed by atoms with van der Waals surface area (Å²) in [6.07, 6.45) is 2.27. The Morgan fingerprint density at radius 1 is 1.56 bits per heavy atom. The summed E-state index contributed by atoms with van der Waals surface area (Å²) < 4.78 is 0. The molecule has 0 aliphatic carbocycles. The van der Waals surface area contributed by atoms with E-state index < -0.39 is 0 Å². The molecule has 56 valence electrons. The van der Waals surface area contributed by atoms with E-state index in [-0.39, 0.29) is 6.17 Å². The van der Waals surface area contributed by atoms with E-state index in [9.17, 15) is 0 Å². The average molecular weight is 131 g/mol. The molecular formula is C6H17N3. The van der Waals surface area contributed by atoms with Gasteiger partial charge in [-0.3, -0.25) is 0 Å². The summed E-state index contributed by atoms with van der Waals surface area (Å²) in [6, 6.07) is 0. The molecule has 0 aliphatic heterocycles. The van der Waals surface area contributed by atoms with Crippen molar-refractivity contribution in [2.45, 2.75) is 25.9 Å². The molecule has 0 fully saturated rings. The van der Waals surface area contributed by atoms with E-state index in [1.807, 2.05) is 19.1 Å². The first-order valence-electron chi connectivity index (χ1n) is 3.36. The number of hydrogen-bond donors (Lipinski definition) is 2. The standard InChI is InChI=1S/C6H17N3/c1-4-5-6(7)8-9(2)3/h6,8H,4-5,7H2,1-3H3. The Labute approximate surface area is 57.2 Å². The molecule has 3 nitrogen and oxygen atoms in total. The van der Waals surface area contributed by atoms with E-state index in [1.54, 1.807) is 0 Å². The molecule has 0 rings (SSSR count). The maximum absolute atomic E-state index is 5.63. The molecule has 0 saturated heterocycles. The Morgan fingerprint density at radius 3 is 2.44 bits per heavy atom. The first-order valence-corrected chi connectivity index (χ1v) is 3.36. The van der Waals surface area contributed by atoms with Gasteiger partial charge in [-0.1, -0.05) is 13.3 Å². The molecule has 0 amide bonds. The average Bonchev–Trinajstić information content (AvgIpc) is 1.63. The zero-order valence-electron chi connectivity index (χ0n) is 6.52. The maximum atomic E-state index is 5.63. The Hall–Kier alpha value is -0.120. The van der Waals surface area contributed by atoms with Gasteiger partial charge in [0.2, 0.25) is 0 Å². The minimum Gasteiger partial charge on any atom is -0.315 e. The fourth-order valence-corrected chi connectivity index (χ4v) is 0.707. The molecule has 0 aromatic rings. The van der Waals surface area contributed by atoms with E-state index >= 15 is 0 Å². The Morgan fingerprint density at radius 2 is 2.11 bits per heavy atom. The van der Waals surface area contributed by atoms with Crippen molar-refractivity contribution in [3.05, 3.63) is 0 Å². The lowest BCUT2D eigenvalue weighted by Crippen LogP contribution is -2.45. The fourth-order valence-electron chi connectivity index (χ4n) is 0.707. The second-order valence-electron chi connectivity index (χ2n) is 2.42. The van der Waals surface area contributed by atoms with Crippen LogP contribution in [0.2, 0.25) is 0 Å². The third-order valence-electron chi connectivity index (χ3n) is 1.02. The minimum atomic E-state index is 0.116. The predicted octanol–water partition coefficient (Wildman–Crippen LogP) is 0.137. The van der Waals surface area contributed by atoms with Crippen LogP contribution in [0.4, 0.5) is 0 Å². The molecule has 0 spiro atoms. The van der Waals surface area contributed by atoms with Crippen LogP contribution in [0.15, 0.2) is 0 Å². The van der Waals surface area contributed by atoms with Crippen LogP contribution in [0, 0.1) is 0 Å². The summed E-state index contributed by atoms with van der Waals surface area (Å²) in [4.78, 5) is 0. The summed E-state index contributed by atoms with van der Waals surface area (Å²) in [7, 11) is 3.88. The largest absolute Gasteiger partial charge is 0.315 e. The summed E-state index contributed by atoms with van der Waals surface area (Å²) in [6.45, 7) is 2.12. The molecule has 0 radical (unpaired) electrons. The normalized spacial score (nSPS) is 14.3. The van der Waals surface area contributed by atoms with Crippen LogP contribution in [0.25, 0.3) is 0 Å². The summed E-state index contributed by atoms with van der Waals surface area (Å²) in [5.74, 6) is 0. The third kappa shape index (κ3) is 5.76. The molecule has 0 aliphatic rings. The van der Waals surface area contributed by atoms with Crippen LogP contribution in [-0.2, 0) is 0 Å². The van der Waals surface area contributed by atoms with Gasteiger partial charge in [0.05, 0.1) is 6.17 Å².